The minimum absolute atomic E-state index is 0.505. The van der Waals surface area contributed by atoms with Crippen molar-refractivity contribution in [3.8, 4) is 0 Å². The SMILES string of the molecule is C[C@@]12CCC[C@H]1[C@@H]1CC[C@@H]3C[C@H](N)CC[C@]3(C)[C@H]1CC2. The minimum atomic E-state index is 0.505. The molecule has 7 atom stereocenters. The lowest BCUT2D eigenvalue weighted by Gasteiger charge is -2.60. The molecule has 4 fully saturated rings. The van der Waals surface area contributed by atoms with Crippen molar-refractivity contribution in [3.05, 3.63) is 0 Å². The van der Waals surface area contributed by atoms with Crippen molar-refractivity contribution < 1.29 is 0 Å². The summed E-state index contributed by atoms with van der Waals surface area (Å²) in [4.78, 5) is 0. The topological polar surface area (TPSA) is 26.0 Å². The van der Waals surface area contributed by atoms with Crippen LogP contribution in [0.15, 0.2) is 0 Å². The lowest BCUT2D eigenvalue weighted by molar-refractivity contribution is -0.105. The predicted molar refractivity (Wildman–Crippen MR) is 84.3 cm³/mol. The fourth-order valence-electron chi connectivity index (χ4n) is 7.28. The van der Waals surface area contributed by atoms with E-state index in [4.69, 9.17) is 5.73 Å². The summed E-state index contributed by atoms with van der Waals surface area (Å²) in [6.45, 7) is 5.27. The van der Waals surface area contributed by atoms with Gasteiger partial charge >= 0.3 is 0 Å². The van der Waals surface area contributed by atoms with Crippen LogP contribution in [0.5, 0.6) is 0 Å². The summed E-state index contributed by atoms with van der Waals surface area (Å²) in [5.41, 5.74) is 7.63. The van der Waals surface area contributed by atoms with Crippen LogP contribution < -0.4 is 5.73 Å². The van der Waals surface area contributed by atoms with Crippen LogP contribution in [0.1, 0.15) is 78.1 Å². The first-order valence-electron chi connectivity index (χ1n) is 9.28. The molecule has 4 saturated carbocycles. The molecule has 0 unspecified atom stereocenters. The van der Waals surface area contributed by atoms with Crippen molar-refractivity contribution in [2.24, 2.45) is 40.2 Å². The van der Waals surface area contributed by atoms with E-state index in [-0.39, 0.29) is 0 Å². The van der Waals surface area contributed by atoms with Crippen molar-refractivity contribution in [3.63, 3.8) is 0 Å². The second-order valence-corrected chi connectivity index (χ2v) is 9.28. The highest BCUT2D eigenvalue weighted by Crippen LogP contribution is 2.66. The van der Waals surface area contributed by atoms with Crippen LogP contribution in [0.4, 0.5) is 0 Å². The number of rotatable bonds is 0. The molecule has 0 aromatic carbocycles. The molecule has 4 aliphatic rings. The van der Waals surface area contributed by atoms with Gasteiger partial charge in [0.25, 0.3) is 0 Å². The molecular formula is C19H33N. The van der Waals surface area contributed by atoms with Gasteiger partial charge in [-0.05, 0) is 92.3 Å². The molecule has 0 aromatic rings. The Morgan fingerprint density at radius 3 is 2.55 bits per heavy atom. The van der Waals surface area contributed by atoms with Gasteiger partial charge in [0.15, 0.2) is 0 Å². The van der Waals surface area contributed by atoms with E-state index >= 15 is 0 Å². The molecule has 0 radical (unpaired) electrons. The van der Waals surface area contributed by atoms with Gasteiger partial charge in [-0.2, -0.15) is 0 Å². The van der Waals surface area contributed by atoms with Gasteiger partial charge in [-0.15, -0.1) is 0 Å². The van der Waals surface area contributed by atoms with Gasteiger partial charge in [-0.25, -0.2) is 0 Å². The van der Waals surface area contributed by atoms with E-state index in [1.54, 1.807) is 0 Å². The van der Waals surface area contributed by atoms with Crippen LogP contribution in [0.25, 0.3) is 0 Å². The van der Waals surface area contributed by atoms with Crippen LogP contribution in [-0.4, -0.2) is 6.04 Å². The summed E-state index contributed by atoms with van der Waals surface area (Å²) in [6.07, 6.45) is 14.7. The van der Waals surface area contributed by atoms with Crippen LogP contribution in [0.2, 0.25) is 0 Å². The monoisotopic (exact) mass is 275 g/mol. The van der Waals surface area contributed by atoms with Crippen LogP contribution >= 0.6 is 0 Å². The summed E-state index contributed by atoms with van der Waals surface area (Å²) in [5.74, 6) is 4.10. The van der Waals surface area contributed by atoms with E-state index in [1.165, 1.54) is 64.2 Å². The first-order valence-corrected chi connectivity index (χ1v) is 9.28. The highest BCUT2D eigenvalue weighted by Gasteiger charge is 2.57. The zero-order valence-electron chi connectivity index (χ0n) is 13.5. The van der Waals surface area contributed by atoms with Gasteiger partial charge in [0.05, 0.1) is 0 Å². The Balaban J connectivity index is 1.62. The second kappa shape index (κ2) is 4.48. The van der Waals surface area contributed by atoms with E-state index in [0.717, 1.165) is 29.1 Å². The third-order valence-corrected chi connectivity index (χ3v) is 8.49. The Bertz CT molecular complexity index is 391. The minimum Gasteiger partial charge on any atom is -0.328 e. The Kier molecular flexibility index (Phi) is 3.05. The first kappa shape index (κ1) is 13.6. The van der Waals surface area contributed by atoms with Crippen LogP contribution in [-0.2, 0) is 0 Å². The Labute approximate surface area is 125 Å². The molecule has 0 amide bonds. The van der Waals surface area contributed by atoms with E-state index < -0.39 is 0 Å². The molecule has 4 rings (SSSR count). The third-order valence-electron chi connectivity index (χ3n) is 8.49. The van der Waals surface area contributed by atoms with Gasteiger partial charge in [-0.3, -0.25) is 0 Å². The van der Waals surface area contributed by atoms with Gasteiger partial charge in [0.1, 0.15) is 0 Å². The zero-order valence-corrected chi connectivity index (χ0v) is 13.5. The van der Waals surface area contributed by atoms with E-state index in [0.29, 0.717) is 11.5 Å². The van der Waals surface area contributed by atoms with Crippen LogP contribution in [0, 0.1) is 34.5 Å². The molecule has 0 saturated heterocycles. The predicted octanol–water partition coefficient (Wildman–Crippen LogP) is 4.75. The molecule has 0 aromatic heterocycles. The van der Waals surface area contributed by atoms with Crippen molar-refractivity contribution in [2.75, 3.05) is 0 Å². The molecule has 1 heteroatoms. The van der Waals surface area contributed by atoms with E-state index in [2.05, 4.69) is 13.8 Å². The maximum absolute atomic E-state index is 6.28. The molecule has 114 valence electrons. The summed E-state index contributed by atoms with van der Waals surface area (Å²) >= 11 is 0. The van der Waals surface area contributed by atoms with Crippen molar-refractivity contribution >= 4 is 0 Å². The highest BCUT2D eigenvalue weighted by atomic mass is 14.7. The van der Waals surface area contributed by atoms with E-state index in [1.807, 2.05) is 0 Å². The molecule has 0 aliphatic heterocycles. The van der Waals surface area contributed by atoms with Gasteiger partial charge in [-0.1, -0.05) is 20.3 Å². The Morgan fingerprint density at radius 2 is 1.70 bits per heavy atom. The lowest BCUT2D eigenvalue weighted by atomic mass is 9.45. The van der Waals surface area contributed by atoms with Gasteiger partial charge in [0.2, 0.25) is 0 Å². The molecular weight excluding hydrogens is 242 g/mol. The molecule has 20 heavy (non-hydrogen) atoms. The number of hydrogen-bond donors (Lipinski definition) is 1. The summed E-state index contributed by atoms with van der Waals surface area (Å²) in [7, 11) is 0. The van der Waals surface area contributed by atoms with E-state index in [9.17, 15) is 0 Å². The summed E-state index contributed by atoms with van der Waals surface area (Å²) in [6, 6.07) is 0.505. The normalized spacial score (nSPS) is 58.6. The largest absolute Gasteiger partial charge is 0.328 e. The van der Waals surface area contributed by atoms with Crippen molar-refractivity contribution in [2.45, 2.75) is 84.1 Å². The Hall–Kier alpha value is -0.0400. The first-order chi connectivity index (χ1) is 9.53. The maximum Gasteiger partial charge on any atom is 0.00418 e. The fraction of sp³-hybridized carbons (Fsp3) is 1.00. The average molecular weight is 275 g/mol. The third kappa shape index (κ3) is 1.77. The molecule has 2 N–H and O–H groups in total. The molecule has 0 spiro atoms. The molecule has 0 bridgehead atoms. The number of nitrogens with two attached hydrogens (primary N) is 1. The average Bonchev–Trinajstić information content (AvgIpc) is 2.81. The lowest BCUT2D eigenvalue weighted by Crippen LogP contribution is -2.53. The second-order valence-electron chi connectivity index (χ2n) is 9.28. The fourth-order valence-corrected chi connectivity index (χ4v) is 7.28. The summed E-state index contributed by atoms with van der Waals surface area (Å²) < 4.78 is 0. The van der Waals surface area contributed by atoms with Gasteiger partial charge < -0.3 is 5.73 Å². The van der Waals surface area contributed by atoms with Crippen molar-refractivity contribution in [1.82, 2.24) is 0 Å². The maximum atomic E-state index is 6.28. The van der Waals surface area contributed by atoms with Gasteiger partial charge in [0, 0.05) is 6.04 Å². The smallest absolute Gasteiger partial charge is 0.00418 e. The quantitative estimate of drug-likeness (QED) is 0.678. The molecule has 4 aliphatic carbocycles. The number of fused-ring (bicyclic) bond motifs is 5. The Morgan fingerprint density at radius 1 is 0.850 bits per heavy atom. The standard InChI is InChI=1S/C19H33N/c1-18-9-3-4-16(18)15-6-5-13-12-14(20)7-11-19(13,2)17(15)8-10-18/h13-17H,3-12,20H2,1-2H3/t13-,14-,15+,16+,17+,18+,19+/m1/s1. The highest BCUT2D eigenvalue weighted by molar-refractivity contribution is 5.07. The zero-order chi connectivity index (χ0) is 14.0. The molecule has 1 nitrogen and oxygen atoms in total. The molecule has 0 heterocycles. The number of hydrogen-bond acceptors (Lipinski definition) is 1. The van der Waals surface area contributed by atoms with Crippen molar-refractivity contribution in [1.29, 1.82) is 0 Å². The summed E-state index contributed by atoms with van der Waals surface area (Å²) in [5, 5.41) is 0. The van der Waals surface area contributed by atoms with Crippen LogP contribution in [0.3, 0.4) is 0 Å².